The van der Waals surface area contributed by atoms with Gasteiger partial charge in [0, 0.05) is 11.9 Å². The molecule has 2 heterocycles. The topological polar surface area (TPSA) is 79.4 Å². The number of nitriles is 1. The molecule has 0 atom stereocenters. The Balaban J connectivity index is 1.69. The summed E-state index contributed by atoms with van der Waals surface area (Å²) < 4.78 is 2.01. The second-order valence-electron chi connectivity index (χ2n) is 7.19. The van der Waals surface area contributed by atoms with Crippen LogP contribution in [0.4, 0.5) is 11.4 Å². The summed E-state index contributed by atoms with van der Waals surface area (Å²) in [5, 5.41) is 26.9. The molecular weight excluding hydrogens is 360 g/mol. The molecule has 6 nitrogen and oxygen atoms in total. The van der Waals surface area contributed by atoms with Gasteiger partial charge in [0.1, 0.15) is 6.07 Å². The summed E-state index contributed by atoms with van der Waals surface area (Å²) in [5.41, 5.74) is 6.91. The molecule has 6 heteroatoms. The predicted octanol–water partition coefficient (Wildman–Crippen LogP) is 4.61. The van der Waals surface area contributed by atoms with Gasteiger partial charge in [0.15, 0.2) is 5.69 Å². The molecule has 29 heavy (non-hydrogen) atoms. The van der Waals surface area contributed by atoms with Crippen molar-refractivity contribution in [1.82, 2.24) is 20.0 Å². The number of hydrogen-bond acceptors (Lipinski definition) is 5. The predicted molar refractivity (Wildman–Crippen MR) is 114 cm³/mol. The van der Waals surface area contributed by atoms with Gasteiger partial charge in [0.25, 0.3) is 0 Å². The van der Waals surface area contributed by atoms with Crippen LogP contribution in [-0.2, 0) is 13.0 Å². The van der Waals surface area contributed by atoms with E-state index in [1.165, 1.54) is 5.56 Å². The minimum Gasteiger partial charge on any atom is -0.350 e. The lowest BCUT2D eigenvalue weighted by molar-refractivity contribution is 0.594. The van der Waals surface area contributed by atoms with E-state index in [2.05, 4.69) is 45.8 Å². The summed E-state index contributed by atoms with van der Waals surface area (Å²) in [6.45, 7) is 6.83. The summed E-state index contributed by atoms with van der Waals surface area (Å²) >= 11 is 0. The molecule has 0 radical (unpaired) electrons. The fourth-order valence-electron chi connectivity index (χ4n) is 3.52. The zero-order valence-electron chi connectivity index (χ0n) is 16.8. The Morgan fingerprint density at radius 2 is 1.79 bits per heavy atom. The molecule has 0 saturated carbocycles. The molecule has 0 aliphatic carbocycles. The van der Waals surface area contributed by atoms with Crippen molar-refractivity contribution in [2.75, 3.05) is 5.32 Å². The zero-order valence-corrected chi connectivity index (χ0v) is 16.8. The maximum Gasteiger partial charge on any atom is 0.187 e. The van der Waals surface area contributed by atoms with Crippen molar-refractivity contribution in [1.29, 1.82) is 5.26 Å². The normalized spacial score (nSPS) is 10.8. The molecule has 0 aliphatic rings. The van der Waals surface area contributed by atoms with Crippen LogP contribution in [0.15, 0.2) is 48.5 Å². The van der Waals surface area contributed by atoms with E-state index in [4.69, 9.17) is 5.10 Å². The lowest BCUT2D eigenvalue weighted by Crippen LogP contribution is -2.06. The van der Waals surface area contributed by atoms with Gasteiger partial charge in [-0.15, -0.1) is 10.2 Å². The molecule has 144 valence electrons. The van der Waals surface area contributed by atoms with Crippen molar-refractivity contribution in [3.63, 3.8) is 0 Å². The van der Waals surface area contributed by atoms with E-state index in [0.29, 0.717) is 5.69 Å². The Bertz CT molecular complexity index is 1220. The number of benzene rings is 2. The Kier molecular flexibility index (Phi) is 4.96. The third-order valence-electron chi connectivity index (χ3n) is 5.11. The van der Waals surface area contributed by atoms with Crippen LogP contribution in [0.2, 0.25) is 0 Å². The van der Waals surface area contributed by atoms with Crippen LogP contribution in [0, 0.1) is 32.1 Å². The molecule has 0 saturated heterocycles. The maximum atomic E-state index is 9.57. The summed E-state index contributed by atoms with van der Waals surface area (Å²) in [5.74, 6) is 0. The number of fused-ring (bicyclic) bond motifs is 1. The fraction of sp³-hybridized carbons (Fsp3) is 0.217. The van der Waals surface area contributed by atoms with E-state index in [9.17, 15) is 5.26 Å². The Morgan fingerprint density at radius 3 is 2.55 bits per heavy atom. The highest BCUT2D eigenvalue weighted by Gasteiger charge is 2.17. The van der Waals surface area contributed by atoms with Gasteiger partial charge in [-0.2, -0.15) is 10.4 Å². The van der Waals surface area contributed by atoms with E-state index in [-0.39, 0.29) is 5.69 Å². The van der Waals surface area contributed by atoms with Gasteiger partial charge in [0.05, 0.1) is 28.3 Å². The molecule has 4 aromatic rings. The van der Waals surface area contributed by atoms with Gasteiger partial charge >= 0.3 is 0 Å². The smallest absolute Gasteiger partial charge is 0.187 e. The molecule has 2 aromatic heterocycles. The van der Waals surface area contributed by atoms with Crippen LogP contribution >= 0.6 is 0 Å². The molecule has 0 amide bonds. The zero-order chi connectivity index (χ0) is 20.4. The third-order valence-corrected chi connectivity index (χ3v) is 5.11. The first-order chi connectivity index (χ1) is 14.1. The number of aromatic nitrogens is 4. The molecule has 0 fully saturated rings. The first kappa shape index (κ1) is 18.6. The first-order valence-corrected chi connectivity index (χ1v) is 9.59. The summed E-state index contributed by atoms with van der Waals surface area (Å²) in [6, 6.07) is 18.5. The molecule has 0 spiro atoms. The van der Waals surface area contributed by atoms with Crippen molar-refractivity contribution in [2.24, 2.45) is 0 Å². The summed E-state index contributed by atoms with van der Waals surface area (Å²) in [4.78, 5) is 0. The molecule has 0 aliphatic heterocycles. The van der Waals surface area contributed by atoms with Crippen LogP contribution < -0.4 is 5.32 Å². The fourth-order valence-corrected chi connectivity index (χ4v) is 3.52. The van der Waals surface area contributed by atoms with Gasteiger partial charge in [-0.25, -0.2) is 0 Å². The highest BCUT2D eigenvalue weighted by Crippen LogP contribution is 2.31. The molecule has 2 aromatic carbocycles. The number of hydrogen-bond donors (Lipinski definition) is 1. The van der Waals surface area contributed by atoms with E-state index >= 15 is 0 Å². The average Bonchev–Trinajstić information content (AvgIpc) is 3.00. The van der Waals surface area contributed by atoms with Crippen LogP contribution in [0.25, 0.3) is 10.9 Å². The van der Waals surface area contributed by atoms with E-state index in [0.717, 1.165) is 46.5 Å². The van der Waals surface area contributed by atoms with E-state index in [1.54, 1.807) is 0 Å². The number of anilines is 2. The number of nitrogens with zero attached hydrogens (tertiary/aromatic N) is 5. The Labute approximate surface area is 169 Å². The van der Waals surface area contributed by atoms with Crippen LogP contribution in [0.5, 0.6) is 0 Å². The minimum absolute atomic E-state index is 0.277. The standard InChI is InChI=1S/C23H22N6/c1-15-9-10-20-19(13-15)23(21(14-24)27-26-20)25-22-16(2)28-29(17(22)3)12-11-18-7-5-4-6-8-18/h4-10,13H,11-12H2,1-3H3,(H,25,26). The summed E-state index contributed by atoms with van der Waals surface area (Å²) in [6.07, 6.45) is 0.907. The summed E-state index contributed by atoms with van der Waals surface area (Å²) in [7, 11) is 0. The number of aryl methyl sites for hydroxylation is 4. The van der Waals surface area contributed by atoms with Gasteiger partial charge in [-0.05, 0) is 44.9 Å². The highest BCUT2D eigenvalue weighted by molar-refractivity contribution is 5.95. The van der Waals surface area contributed by atoms with Gasteiger partial charge in [0.2, 0.25) is 0 Å². The monoisotopic (exact) mass is 382 g/mol. The first-order valence-electron chi connectivity index (χ1n) is 9.59. The highest BCUT2D eigenvalue weighted by atomic mass is 15.3. The minimum atomic E-state index is 0.277. The SMILES string of the molecule is Cc1ccc2nnc(C#N)c(Nc3c(C)nn(CCc4ccccc4)c3C)c2c1. The van der Waals surface area contributed by atoms with Gasteiger partial charge < -0.3 is 5.32 Å². The average molecular weight is 382 g/mol. The Morgan fingerprint density at radius 1 is 1.00 bits per heavy atom. The quantitative estimate of drug-likeness (QED) is 0.545. The Hall–Kier alpha value is -3.72. The van der Waals surface area contributed by atoms with Crippen LogP contribution in [-0.4, -0.2) is 20.0 Å². The van der Waals surface area contributed by atoms with Gasteiger partial charge in [-0.1, -0.05) is 42.0 Å². The lowest BCUT2D eigenvalue weighted by Gasteiger charge is -2.12. The number of rotatable bonds is 5. The van der Waals surface area contributed by atoms with Crippen molar-refractivity contribution < 1.29 is 0 Å². The van der Waals surface area contributed by atoms with Crippen LogP contribution in [0.3, 0.4) is 0 Å². The van der Waals surface area contributed by atoms with E-state index in [1.807, 2.05) is 49.7 Å². The van der Waals surface area contributed by atoms with Crippen molar-refractivity contribution >= 4 is 22.3 Å². The van der Waals surface area contributed by atoms with Crippen molar-refractivity contribution in [2.45, 2.75) is 33.7 Å². The second-order valence-corrected chi connectivity index (χ2v) is 7.19. The molecule has 4 rings (SSSR count). The third kappa shape index (κ3) is 3.67. The van der Waals surface area contributed by atoms with Crippen molar-refractivity contribution in [3.8, 4) is 6.07 Å². The van der Waals surface area contributed by atoms with Gasteiger partial charge in [-0.3, -0.25) is 4.68 Å². The maximum absolute atomic E-state index is 9.57. The van der Waals surface area contributed by atoms with Crippen LogP contribution in [0.1, 0.15) is 28.2 Å². The van der Waals surface area contributed by atoms with Crippen molar-refractivity contribution in [3.05, 3.63) is 76.7 Å². The largest absolute Gasteiger partial charge is 0.350 e. The van der Waals surface area contributed by atoms with E-state index < -0.39 is 0 Å². The number of nitrogens with one attached hydrogen (secondary N) is 1. The molecule has 0 unspecified atom stereocenters. The molecule has 1 N–H and O–H groups in total. The molecular formula is C23H22N6. The second kappa shape index (κ2) is 7.72. The molecule has 0 bridgehead atoms. The lowest BCUT2D eigenvalue weighted by atomic mass is 10.1.